The Labute approximate surface area is 184 Å². The maximum absolute atomic E-state index is 5.69. The SMILES string of the molecule is Cc1ccc(-c2nc(CCNCc3c(C(C)C)nn(C)c3N3CCOCC3)co2)cc1. The van der Waals surface area contributed by atoms with Crippen LogP contribution in [-0.4, -0.2) is 47.6 Å². The van der Waals surface area contributed by atoms with Crippen molar-refractivity contribution in [2.75, 3.05) is 37.7 Å². The van der Waals surface area contributed by atoms with Gasteiger partial charge in [-0.1, -0.05) is 31.5 Å². The molecule has 0 atom stereocenters. The van der Waals surface area contributed by atoms with Gasteiger partial charge in [-0.2, -0.15) is 5.10 Å². The topological polar surface area (TPSA) is 68.4 Å². The summed E-state index contributed by atoms with van der Waals surface area (Å²) in [5.74, 6) is 2.27. The van der Waals surface area contributed by atoms with E-state index < -0.39 is 0 Å². The van der Waals surface area contributed by atoms with Crippen molar-refractivity contribution in [3.05, 3.63) is 53.0 Å². The summed E-state index contributed by atoms with van der Waals surface area (Å²) in [6, 6.07) is 8.25. The van der Waals surface area contributed by atoms with Crippen LogP contribution in [0.5, 0.6) is 0 Å². The first kappa shape index (κ1) is 21.6. The number of benzene rings is 1. The molecule has 31 heavy (non-hydrogen) atoms. The Morgan fingerprint density at radius 1 is 1.13 bits per heavy atom. The molecule has 3 aromatic rings. The number of anilines is 1. The minimum Gasteiger partial charge on any atom is -0.444 e. The summed E-state index contributed by atoms with van der Waals surface area (Å²) in [6.07, 6.45) is 2.58. The monoisotopic (exact) mass is 423 g/mol. The first-order valence-electron chi connectivity index (χ1n) is 11.1. The van der Waals surface area contributed by atoms with Gasteiger partial charge < -0.3 is 19.4 Å². The molecule has 1 saturated heterocycles. The van der Waals surface area contributed by atoms with Gasteiger partial charge in [0.1, 0.15) is 12.1 Å². The summed E-state index contributed by atoms with van der Waals surface area (Å²) in [5.41, 5.74) is 5.66. The fraction of sp³-hybridized carbons (Fsp3) is 0.500. The van der Waals surface area contributed by atoms with E-state index >= 15 is 0 Å². The maximum Gasteiger partial charge on any atom is 0.226 e. The Balaban J connectivity index is 1.39. The summed E-state index contributed by atoms with van der Waals surface area (Å²) < 4.78 is 13.3. The summed E-state index contributed by atoms with van der Waals surface area (Å²) >= 11 is 0. The minimum atomic E-state index is 0.380. The quantitative estimate of drug-likeness (QED) is 0.558. The molecule has 0 unspecified atom stereocenters. The molecule has 1 aliphatic heterocycles. The highest BCUT2D eigenvalue weighted by molar-refractivity contribution is 5.54. The summed E-state index contributed by atoms with van der Waals surface area (Å²) in [7, 11) is 2.04. The maximum atomic E-state index is 5.69. The number of rotatable bonds is 8. The van der Waals surface area contributed by atoms with Crippen molar-refractivity contribution in [3.8, 4) is 11.5 Å². The van der Waals surface area contributed by atoms with E-state index in [1.807, 2.05) is 23.9 Å². The van der Waals surface area contributed by atoms with Gasteiger partial charge in [-0.25, -0.2) is 4.98 Å². The van der Waals surface area contributed by atoms with Crippen molar-refractivity contribution in [2.45, 2.75) is 39.7 Å². The number of aryl methyl sites for hydroxylation is 2. The van der Waals surface area contributed by atoms with E-state index in [0.717, 1.165) is 57.1 Å². The second kappa shape index (κ2) is 9.66. The zero-order valence-electron chi connectivity index (χ0n) is 19.0. The molecule has 0 saturated carbocycles. The fourth-order valence-electron chi connectivity index (χ4n) is 4.06. The van der Waals surface area contributed by atoms with Gasteiger partial charge in [-0.15, -0.1) is 0 Å². The van der Waals surface area contributed by atoms with Crippen LogP contribution >= 0.6 is 0 Å². The van der Waals surface area contributed by atoms with E-state index in [4.69, 9.17) is 14.3 Å². The van der Waals surface area contributed by atoms with Gasteiger partial charge in [0.15, 0.2) is 0 Å². The molecule has 1 aromatic carbocycles. The molecule has 0 amide bonds. The van der Waals surface area contributed by atoms with Crippen LogP contribution in [0, 0.1) is 6.92 Å². The molecule has 0 radical (unpaired) electrons. The molecule has 0 aliphatic carbocycles. The predicted octanol–water partition coefficient (Wildman–Crippen LogP) is 3.68. The molecule has 3 heterocycles. The lowest BCUT2D eigenvalue weighted by Gasteiger charge is -2.29. The van der Waals surface area contributed by atoms with Crippen LogP contribution in [0.15, 0.2) is 34.9 Å². The van der Waals surface area contributed by atoms with Gasteiger partial charge in [0, 0.05) is 50.8 Å². The van der Waals surface area contributed by atoms with E-state index in [1.165, 1.54) is 22.6 Å². The second-order valence-electron chi connectivity index (χ2n) is 8.50. The molecule has 1 fully saturated rings. The van der Waals surface area contributed by atoms with E-state index in [-0.39, 0.29) is 0 Å². The van der Waals surface area contributed by atoms with Gasteiger partial charge in [0.05, 0.1) is 24.6 Å². The first-order chi connectivity index (χ1) is 15.0. The van der Waals surface area contributed by atoms with Crippen LogP contribution in [0.25, 0.3) is 11.5 Å². The molecule has 1 N–H and O–H groups in total. The molecular weight excluding hydrogens is 390 g/mol. The smallest absolute Gasteiger partial charge is 0.226 e. The Morgan fingerprint density at radius 3 is 2.58 bits per heavy atom. The Morgan fingerprint density at radius 2 is 1.87 bits per heavy atom. The lowest BCUT2D eigenvalue weighted by Crippen LogP contribution is -2.38. The summed E-state index contributed by atoms with van der Waals surface area (Å²) in [6.45, 7) is 11.5. The van der Waals surface area contributed by atoms with Crippen molar-refractivity contribution in [3.63, 3.8) is 0 Å². The normalized spacial score (nSPS) is 14.5. The average Bonchev–Trinajstić information content (AvgIpc) is 3.37. The van der Waals surface area contributed by atoms with Crippen molar-refractivity contribution < 1.29 is 9.15 Å². The third-order valence-electron chi connectivity index (χ3n) is 5.71. The van der Waals surface area contributed by atoms with Crippen molar-refractivity contribution in [1.29, 1.82) is 0 Å². The Kier molecular flexibility index (Phi) is 6.73. The van der Waals surface area contributed by atoms with Gasteiger partial charge in [-0.05, 0) is 25.0 Å². The molecule has 0 bridgehead atoms. The van der Waals surface area contributed by atoms with Gasteiger partial charge in [0.25, 0.3) is 0 Å². The molecule has 1 aliphatic rings. The van der Waals surface area contributed by atoms with Gasteiger partial charge in [0.2, 0.25) is 5.89 Å². The summed E-state index contributed by atoms with van der Waals surface area (Å²) in [5, 5.41) is 8.43. The highest BCUT2D eigenvalue weighted by Crippen LogP contribution is 2.29. The lowest BCUT2D eigenvalue weighted by molar-refractivity contribution is 0.122. The van der Waals surface area contributed by atoms with Gasteiger partial charge in [-0.3, -0.25) is 4.68 Å². The number of ether oxygens (including phenoxy) is 1. The third kappa shape index (κ3) is 4.99. The zero-order valence-corrected chi connectivity index (χ0v) is 19.0. The van der Waals surface area contributed by atoms with E-state index in [0.29, 0.717) is 11.8 Å². The molecular formula is C24H33N5O2. The van der Waals surface area contributed by atoms with Gasteiger partial charge >= 0.3 is 0 Å². The van der Waals surface area contributed by atoms with Crippen LogP contribution in [0.2, 0.25) is 0 Å². The number of nitrogens with zero attached hydrogens (tertiary/aromatic N) is 4. The first-order valence-corrected chi connectivity index (χ1v) is 11.1. The number of hydrogen-bond acceptors (Lipinski definition) is 6. The molecule has 0 spiro atoms. The fourth-order valence-corrected chi connectivity index (χ4v) is 4.06. The van der Waals surface area contributed by atoms with E-state index in [1.54, 1.807) is 6.26 Å². The Bertz CT molecular complexity index is 984. The third-order valence-corrected chi connectivity index (χ3v) is 5.71. The predicted molar refractivity (Wildman–Crippen MR) is 122 cm³/mol. The van der Waals surface area contributed by atoms with Crippen LogP contribution < -0.4 is 10.2 Å². The van der Waals surface area contributed by atoms with Crippen LogP contribution in [-0.2, 0) is 24.8 Å². The highest BCUT2D eigenvalue weighted by atomic mass is 16.5. The van der Waals surface area contributed by atoms with Crippen molar-refractivity contribution in [2.24, 2.45) is 7.05 Å². The van der Waals surface area contributed by atoms with Crippen LogP contribution in [0.4, 0.5) is 5.82 Å². The number of morpholine rings is 1. The van der Waals surface area contributed by atoms with E-state index in [2.05, 4.69) is 48.1 Å². The summed E-state index contributed by atoms with van der Waals surface area (Å²) in [4.78, 5) is 7.04. The number of hydrogen-bond donors (Lipinski definition) is 1. The van der Waals surface area contributed by atoms with Crippen molar-refractivity contribution >= 4 is 5.82 Å². The highest BCUT2D eigenvalue weighted by Gasteiger charge is 2.24. The molecule has 7 nitrogen and oxygen atoms in total. The van der Waals surface area contributed by atoms with E-state index in [9.17, 15) is 0 Å². The number of aromatic nitrogens is 3. The molecule has 166 valence electrons. The zero-order chi connectivity index (χ0) is 21.8. The number of oxazole rings is 1. The Hall–Kier alpha value is -2.64. The molecule has 7 heteroatoms. The van der Waals surface area contributed by atoms with Crippen LogP contribution in [0.3, 0.4) is 0 Å². The molecule has 2 aromatic heterocycles. The number of nitrogens with one attached hydrogen (secondary N) is 1. The molecule has 4 rings (SSSR count). The second-order valence-corrected chi connectivity index (χ2v) is 8.50. The van der Waals surface area contributed by atoms with Crippen molar-refractivity contribution in [1.82, 2.24) is 20.1 Å². The lowest BCUT2D eigenvalue weighted by atomic mass is 10.0. The average molecular weight is 424 g/mol. The van der Waals surface area contributed by atoms with Crippen LogP contribution in [0.1, 0.15) is 42.3 Å². The minimum absolute atomic E-state index is 0.380. The largest absolute Gasteiger partial charge is 0.444 e. The standard InChI is InChI=1S/C24H33N5O2/c1-17(2)22-21(24(28(4)27-22)29-11-13-30-14-12-29)15-25-10-9-20-16-31-23(26-20)19-7-5-18(3)6-8-19/h5-8,16-17,25H,9-15H2,1-4H3.